The second kappa shape index (κ2) is 6.34. The Balaban J connectivity index is 2.19. The van der Waals surface area contributed by atoms with E-state index in [0.717, 1.165) is 26.3 Å². The first-order valence-electron chi connectivity index (χ1n) is 5.72. The molecule has 2 rings (SSSR count). The average molecular weight is 389 g/mol. The standard InChI is InChI=1S/C14H14ClIN2O/c1-19-14-4-2-3-11(15)10(14)8-18-13-6-5-9(17)7-12(13)16/h2-7,18H,8,17H2,1H3. The van der Waals surface area contributed by atoms with Crippen LogP contribution >= 0.6 is 34.2 Å². The molecule has 0 aliphatic carbocycles. The van der Waals surface area contributed by atoms with Crippen molar-refractivity contribution in [3.05, 3.63) is 50.6 Å². The van der Waals surface area contributed by atoms with Crippen LogP contribution in [0.3, 0.4) is 0 Å². The number of hydrogen-bond acceptors (Lipinski definition) is 3. The second-order valence-electron chi connectivity index (χ2n) is 4.01. The van der Waals surface area contributed by atoms with Crippen molar-refractivity contribution in [2.45, 2.75) is 6.54 Å². The van der Waals surface area contributed by atoms with Crippen LogP contribution in [0.1, 0.15) is 5.56 Å². The maximum Gasteiger partial charge on any atom is 0.125 e. The minimum Gasteiger partial charge on any atom is -0.496 e. The summed E-state index contributed by atoms with van der Waals surface area (Å²) in [4.78, 5) is 0. The van der Waals surface area contributed by atoms with Crippen molar-refractivity contribution >= 4 is 45.6 Å². The highest BCUT2D eigenvalue weighted by molar-refractivity contribution is 14.1. The van der Waals surface area contributed by atoms with Gasteiger partial charge in [0.05, 0.1) is 7.11 Å². The van der Waals surface area contributed by atoms with Crippen LogP contribution in [0.15, 0.2) is 36.4 Å². The van der Waals surface area contributed by atoms with Crippen LogP contribution < -0.4 is 15.8 Å². The Bertz CT molecular complexity index is 590. The highest BCUT2D eigenvalue weighted by Crippen LogP contribution is 2.28. The topological polar surface area (TPSA) is 47.3 Å². The lowest BCUT2D eigenvalue weighted by Gasteiger charge is -2.13. The Labute approximate surface area is 131 Å². The van der Waals surface area contributed by atoms with E-state index in [4.69, 9.17) is 22.1 Å². The van der Waals surface area contributed by atoms with Gasteiger partial charge in [-0.3, -0.25) is 0 Å². The molecule has 2 aromatic carbocycles. The summed E-state index contributed by atoms with van der Waals surface area (Å²) in [5.74, 6) is 0.783. The zero-order chi connectivity index (χ0) is 13.8. The summed E-state index contributed by atoms with van der Waals surface area (Å²) < 4.78 is 6.39. The van der Waals surface area contributed by atoms with Crippen molar-refractivity contribution in [3.63, 3.8) is 0 Å². The molecule has 0 aromatic heterocycles. The SMILES string of the molecule is COc1cccc(Cl)c1CNc1ccc(N)cc1I. The molecule has 0 saturated carbocycles. The molecule has 0 unspecified atom stereocenters. The first-order chi connectivity index (χ1) is 9.11. The number of methoxy groups -OCH3 is 1. The van der Waals surface area contributed by atoms with Gasteiger partial charge in [-0.1, -0.05) is 17.7 Å². The number of benzene rings is 2. The largest absolute Gasteiger partial charge is 0.496 e. The molecule has 0 bridgehead atoms. The van der Waals surface area contributed by atoms with Gasteiger partial charge in [-0.25, -0.2) is 0 Å². The van der Waals surface area contributed by atoms with E-state index in [0.29, 0.717) is 11.6 Å². The Morgan fingerprint density at radius 1 is 1.32 bits per heavy atom. The predicted octanol–water partition coefficient (Wildman–Crippen LogP) is 4.15. The number of halogens is 2. The lowest BCUT2D eigenvalue weighted by Crippen LogP contribution is -2.04. The molecule has 3 nitrogen and oxygen atoms in total. The smallest absolute Gasteiger partial charge is 0.125 e. The van der Waals surface area contributed by atoms with Crippen LogP contribution in [0, 0.1) is 3.57 Å². The maximum absolute atomic E-state index is 6.20. The van der Waals surface area contributed by atoms with E-state index in [-0.39, 0.29) is 0 Å². The molecule has 0 amide bonds. The third-order valence-electron chi connectivity index (χ3n) is 2.74. The number of nitrogens with one attached hydrogen (secondary N) is 1. The second-order valence-corrected chi connectivity index (χ2v) is 5.58. The minimum atomic E-state index is 0.600. The highest BCUT2D eigenvalue weighted by Gasteiger charge is 2.08. The molecule has 5 heteroatoms. The fourth-order valence-electron chi connectivity index (χ4n) is 1.76. The van der Waals surface area contributed by atoms with E-state index in [1.165, 1.54) is 0 Å². The third-order valence-corrected chi connectivity index (χ3v) is 3.99. The zero-order valence-electron chi connectivity index (χ0n) is 10.4. The van der Waals surface area contributed by atoms with Gasteiger partial charge in [-0.15, -0.1) is 0 Å². The summed E-state index contributed by atoms with van der Waals surface area (Å²) >= 11 is 8.45. The van der Waals surface area contributed by atoms with Crippen LogP contribution in [0.5, 0.6) is 5.75 Å². The Morgan fingerprint density at radius 2 is 2.11 bits per heavy atom. The monoisotopic (exact) mass is 388 g/mol. The molecule has 100 valence electrons. The number of nitrogens with two attached hydrogens (primary N) is 1. The van der Waals surface area contributed by atoms with Gasteiger partial charge in [-0.2, -0.15) is 0 Å². The average Bonchev–Trinajstić information content (AvgIpc) is 2.39. The van der Waals surface area contributed by atoms with Gasteiger partial charge in [0.2, 0.25) is 0 Å². The molecular weight excluding hydrogens is 375 g/mol. The summed E-state index contributed by atoms with van der Waals surface area (Å²) in [6.07, 6.45) is 0. The van der Waals surface area contributed by atoms with Gasteiger partial charge in [-0.05, 0) is 52.9 Å². The molecule has 0 spiro atoms. The Kier molecular flexibility index (Phi) is 4.76. The van der Waals surface area contributed by atoms with Gasteiger partial charge in [0, 0.05) is 32.1 Å². The van der Waals surface area contributed by atoms with Crippen LogP contribution in [-0.4, -0.2) is 7.11 Å². The summed E-state index contributed by atoms with van der Waals surface area (Å²) in [5, 5.41) is 4.04. The first-order valence-corrected chi connectivity index (χ1v) is 7.17. The summed E-state index contributed by atoms with van der Waals surface area (Å²) in [6.45, 7) is 0.600. The van der Waals surface area contributed by atoms with Crippen LogP contribution in [0.2, 0.25) is 5.02 Å². The molecule has 0 atom stereocenters. The van der Waals surface area contributed by atoms with E-state index >= 15 is 0 Å². The molecule has 0 radical (unpaired) electrons. The summed E-state index contributed by atoms with van der Waals surface area (Å²) in [6, 6.07) is 11.4. The van der Waals surface area contributed by atoms with E-state index in [9.17, 15) is 0 Å². The van der Waals surface area contributed by atoms with Gasteiger partial charge in [0.25, 0.3) is 0 Å². The van der Waals surface area contributed by atoms with Crippen molar-refractivity contribution in [2.75, 3.05) is 18.2 Å². The number of nitrogen functional groups attached to an aromatic ring is 1. The Morgan fingerprint density at radius 3 is 2.79 bits per heavy atom. The van der Waals surface area contributed by atoms with Crippen molar-refractivity contribution < 1.29 is 4.74 Å². The van der Waals surface area contributed by atoms with Gasteiger partial charge < -0.3 is 15.8 Å². The molecule has 19 heavy (non-hydrogen) atoms. The summed E-state index contributed by atoms with van der Waals surface area (Å²) in [5.41, 5.74) is 8.45. The van der Waals surface area contributed by atoms with E-state index in [1.807, 2.05) is 36.4 Å². The number of ether oxygens (including phenoxy) is 1. The molecule has 2 aromatic rings. The first kappa shape index (κ1) is 14.3. The number of hydrogen-bond donors (Lipinski definition) is 2. The minimum absolute atomic E-state index is 0.600. The van der Waals surface area contributed by atoms with Crippen LogP contribution in [0.4, 0.5) is 11.4 Å². The fraction of sp³-hybridized carbons (Fsp3) is 0.143. The molecule has 3 N–H and O–H groups in total. The van der Waals surface area contributed by atoms with Crippen molar-refractivity contribution in [3.8, 4) is 5.75 Å². The maximum atomic E-state index is 6.20. The lowest BCUT2D eigenvalue weighted by molar-refractivity contribution is 0.410. The normalized spacial score (nSPS) is 10.3. The highest BCUT2D eigenvalue weighted by atomic mass is 127. The molecule has 0 aliphatic heterocycles. The summed E-state index contributed by atoms with van der Waals surface area (Å²) in [7, 11) is 1.64. The van der Waals surface area contributed by atoms with Crippen molar-refractivity contribution in [2.24, 2.45) is 0 Å². The molecule has 0 heterocycles. The lowest BCUT2D eigenvalue weighted by atomic mass is 10.2. The number of anilines is 2. The van der Waals surface area contributed by atoms with Crippen LogP contribution in [0.25, 0.3) is 0 Å². The molecular formula is C14H14ClIN2O. The van der Waals surface area contributed by atoms with Crippen molar-refractivity contribution in [1.29, 1.82) is 0 Å². The van der Waals surface area contributed by atoms with E-state index < -0.39 is 0 Å². The predicted molar refractivity (Wildman–Crippen MR) is 88.9 cm³/mol. The zero-order valence-corrected chi connectivity index (χ0v) is 13.3. The van der Waals surface area contributed by atoms with Crippen molar-refractivity contribution in [1.82, 2.24) is 0 Å². The fourth-order valence-corrected chi connectivity index (χ4v) is 2.72. The quantitative estimate of drug-likeness (QED) is 0.611. The van der Waals surface area contributed by atoms with E-state index in [2.05, 4.69) is 27.9 Å². The molecule has 0 aliphatic rings. The molecule has 0 fully saturated rings. The molecule has 0 saturated heterocycles. The van der Waals surface area contributed by atoms with Gasteiger partial charge in [0.15, 0.2) is 0 Å². The van der Waals surface area contributed by atoms with Crippen LogP contribution in [-0.2, 0) is 6.54 Å². The van der Waals surface area contributed by atoms with E-state index in [1.54, 1.807) is 7.11 Å². The number of rotatable bonds is 4. The Hall–Kier alpha value is -1.14. The third kappa shape index (κ3) is 3.45. The van der Waals surface area contributed by atoms with Gasteiger partial charge in [0.1, 0.15) is 5.75 Å². The van der Waals surface area contributed by atoms with Gasteiger partial charge >= 0.3 is 0 Å².